The lowest BCUT2D eigenvalue weighted by molar-refractivity contribution is -0.116. The molecule has 9 heteroatoms. The molecule has 29 heavy (non-hydrogen) atoms. The first-order chi connectivity index (χ1) is 14.0. The van der Waals surface area contributed by atoms with Gasteiger partial charge < -0.3 is 15.5 Å². The fraction of sp³-hybridized carbons (Fsp3) is 0.250. The zero-order valence-corrected chi connectivity index (χ0v) is 17.7. The van der Waals surface area contributed by atoms with Gasteiger partial charge in [-0.25, -0.2) is 4.68 Å². The van der Waals surface area contributed by atoms with Crippen molar-refractivity contribution in [2.24, 2.45) is 0 Å². The molecule has 4 rings (SSSR count). The van der Waals surface area contributed by atoms with E-state index in [0.29, 0.717) is 15.9 Å². The van der Waals surface area contributed by atoms with Crippen molar-refractivity contribution in [3.63, 3.8) is 0 Å². The van der Waals surface area contributed by atoms with Gasteiger partial charge in [0.05, 0.1) is 13.2 Å². The van der Waals surface area contributed by atoms with Crippen LogP contribution in [-0.2, 0) is 4.79 Å². The Balaban J connectivity index is 1.67. The standard InChI is InChI=1S/C20H20ClN5O2S/c1-11-15(21)5-4-6-16(11)22-19(27)18-17(13-7-9-14(28-3)10-8-13)25-26-12(2)23-24-20(26)29-18/h4-10,17-18,25H,1-3H3,(H,22,27). The average Bonchev–Trinajstić information content (AvgIpc) is 3.10. The van der Waals surface area contributed by atoms with E-state index in [9.17, 15) is 4.79 Å². The predicted molar refractivity (Wildman–Crippen MR) is 114 cm³/mol. The van der Waals surface area contributed by atoms with Gasteiger partial charge in [-0.2, -0.15) is 0 Å². The van der Waals surface area contributed by atoms with Crippen molar-refractivity contribution in [3.05, 3.63) is 64.4 Å². The topological polar surface area (TPSA) is 81.1 Å². The van der Waals surface area contributed by atoms with Crippen molar-refractivity contribution < 1.29 is 9.53 Å². The Morgan fingerprint density at radius 1 is 1.21 bits per heavy atom. The molecule has 3 aromatic rings. The number of ether oxygens (including phenoxy) is 1. The summed E-state index contributed by atoms with van der Waals surface area (Å²) >= 11 is 7.58. The van der Waals surface area contributed by atoms with Crippen LogP contribution in [0, 0.1) is 13.8 Å². The normalized spacial score (nSPS) is 17.9. The van der Waals surface area contributed by atoms with Crippen LogP contribution >= 0.6 is 23.4 Å². The van der Waals surface area contributed by atoms with Crippen LogP contribution in [0.4, 0.5) is 5.69 Å². The largest absolute Gasteiger partial charge is 0.497 e. The molecular weight excluding hydrogens is 410 g/mol. The number of carbonyl (C=O) groups excluding carboxylic acids is 1. The number of carbonyl (C=O) groups is 1. The minimum Gasteiger partial charge on any atom is -0.497 e. The van der Waals surface area contributed by atoms with Gasteiger partial charge in [-0.15, -0.1) is 10.2 Å². The molecule has 1 aliphatic rings. The van der Waals surface area contributed by atoms with E-state index in [0.717, 1.165) is 22.7 Å². The van der Waals surface area contributed by atoms with E-state index in [2.05, 4.69) is 20.9 Å². The summed E-state index contributed by atoms with van der Waals surface area (Å²) in [6.07, 6.45) is 0. The lowest BCUT2D eigenvalue weighted by Gasteiger charge is -2.33. The van der Waals surface area contributed by atoms with Crippen LogP contribution in [0.15, 0.2) is 47.6 Å². The number of nitrogens with zero attached hydrogens (tertiary/aromatic N) is 3. The van der Waals surface area contributed by atoms with E-state index in [1.807, 2.05) is 54.9 Å². The summed E-state index contributed by atoms with van der Waals surface area (Å²) in [5, 5.41) is 12.1. The molecule has 1 aliphatic heterocycles. The quantitative estimate of drug-likeness (QED) is 0.653. The summed E-state index contributed by atoms with van der Waals surface area (Å²) in [4.78, 5) is 13.3. The molecule has 150 valence electrons. The number of aromatic nitrogens is 3. The molecule has 2 aromatic carbocycles. The van der Waals surface area contributed by atoms with Gasteiger partial charge in [0.1, 0.15) is 16.8 Å². The van der Waals surface area contributed by atoms with Gasteiger partial charge in [-0.05, 0) is 49.2 Å². The highest BCUT2D eigenvalue weighted by atomic mass is 35.5. The molecule has 2 N–H and O–H groups in total. The smallest absolute Gasteiger partial charge is 0.240 e. The third-order valence-electron chi connectivity index (χ3n) is 4.86. The molecule has 2 unspecified atom stereocenters. The van der Waals surface area contributed by atoms with E-state index in [4.69, 9.17) is 16.3 Å². The molecule has 2 heterocycles. The summed E-state index contributed by atoms with van der Waals surface area (Å²) in [6, 6.07) is 12.8. The number of nitrogens with one attached hydrogen (secondary N) is 2. The lowest BCUT2D eigenvalue weighted by atomic mass is 10.0. The second-order valence-electron chi connectivity index (χ2n) is 6.69. The second-order valence-corrected chi connectivity index (χ2v) is 8.20. The van der Waals surface area contributed by atoms with E-state index in [1.54, 1.807) is 13.2 Å². The third kappa shape index (κ3) is 3.77. The van der Waals surface area contributed by atoms with Crippen molar-refractivity contribution in [2.75, 3.05) is 17.9 Å². The highest BCUT2D eigenvalue weighted by molar-refractivity contribution is 8.00. The van der Waals surface area contributed by atoms with Crippen molar-refractivity contribution in [2.45, 2.75) is 30.3 Å². The zero-order valence-electron chi connectivity index (χ0n) is 16.1. The minimum absolute atomic E-state index is 0.138. The van der Waals surface area contributed by atoms with Crippen LogP contribution in [0.3, 0.4) is 0 Å². The number of rotatable bonds is 4. The molecule has 0 bridgehead atoms. The first kappa shape index (κ1) is 19.6. The fourth-order valence-corrected chi connectivity index (χ4v) is 4.47. The molecule has 0 aliphatic carbocycles. The summed E-state index contributed by atoms with van der Waals surface area (Å²) < 4.78 is 7.07. The van der Waals surface area contributed by atoms with E-state index >= 15 is 0 Å². The van der Waals surface area contributed by atoms with Gasteiger partial charge in [-0.1, -0.05) is 41.6 Å². The van der Waals surface area contributed by atoms with Crippen LogP contribution in [0.2, 0.25) is 5.02 Å². The van der Waals surface area contributed by atoms with Crippen molar-refractivity contribution in [3.8, 4) is 5.75 Å². The van der Waals surface area contributed by atoms with Crippen molar-refractivity contribution in [1.29, 1.82) is 0 Å². The lowest BCUT2D eigenvalue weighted by Crippen LogP contribution is -2.41. The molecule has 0 saturated carbocycles. The Labute approximate surface area is 177 Å². The average molecular weight is 430 g/mol. The molecule has 0 radical (unpaired) electrons. The summed E-state index contributed by atoms with van der Waals surface area (Å²) in [5.74, 6) is 1.35. The van der Waals surface area contributed by atoms with E-state index in [1.165, 1.54) is 11.8 Å². The molecule has 1 aromatic heterocycles. The van der Waals surface area contributed by atoms with Gasteiger partial charge in [0.15, 0.2) is 0 Å². The number of thioether (sulfide) groups is 1. The number of amides is 1. The van der Waals surface area contributed by atoms with E-state index < -0.39 is 5.25 Å². The first-order valence-electron chi connectivity index (χ1n) is 9.03. The fourth-order valence-electron chi connectivity index (χ4n) is 3.17. The SMILES string of the molecule is COc1ccc(C2Nn3c(C)nnc3SC2C(=O)Nc2cccc(Cl)c2C)cc1. The second kappa shape index (κ2) is 7.96. The number of anilines is 1. The number of halogens is 1. The number of aryl methyl sites for hydroxylation is 1. The molecule has 2 atom stereocenters. The maximum atomic E-state index is 13.3. The maximum Gasteiger partial charge on any atom is 0.240 e. The Morgan fingerprint density at radius 3 is 2.69 bits per heavy atom. The monoisotopic (exact) mass is 429 g/mol. The molecule has 0 fully saturated rings. The number of hydrogen-bond acceptors (Lipinski definition) is 6. The van der Waals surface area contributed by atoms with Crippen LogP contribution in [-0.4, -0.2) is 33.1 Å². The highest BCUT2D eigenvalue weighted by Crippen LogP contribution is 2.38. The molecule has 1 amide bonds. The van der Waals surface area contributed by atoms with Gasteiger partial charge in [0, 0.05) is 10.7 Å². The van der Waals surface area contributed by atoms with Crippen LogP contribution in [0.1, 0.15) is 23.0 Å². The first-order valence-corrected chi connectivity index (χ1v) is 10.3. The Bertz CT molecular complexity index is 1050. The Morgan fingerprint density at radius 2 is 1.97 bits per heavy atom. The number of fused-ring (bicyclic) bond motifs is 1. The molecule has 0 saturated heterocycles. The highest BCUT2D eigenvalue weighted by Gasteiger charge is 2.37. The van der Waals surface area contributed by atoms with Gasteiger partial charge in [0.2, 0.25) is 11.1 Å². The van der Waals surface area contributed by atoms with Crippen LogP contribution in [0.5, 0.6) is 5.75 Å². The van der Waals surface area contributed by atoms with Crippen LogP contribution < -0.4 is 15.5 Å². The van der Waals surface area contributed by atoms with Gasteiger partial charge >= 0.3 is 0 Å². The molecular formula is C20H20ClN5O2S. The number of hydrogen-bond donors (Lipinski definition) is 2. The summed E-state index contributed by atoms with van der Waals surface area (Å²) in [7, 11) is 1.63. The Hall–Kier alpha value is -2.71. The summed E-state index contributed by atoms with van der Waals surface area (Å²) in [5.41, 5.74) is 5.87. The maximum absolute atomic E-state index is 13.3. The van der Waals surface area contributed by atoms with E-state index in [-0.39, 0.29) is 11.9 Å². The number of benzene rings is 2. The zero-order chi connectivity index (χ0) is 20.5. The summed E-state index contributed by atoms with van der Waals surface area (Å²) in [6.45, 7) is 3.75. The Kier molecular flexibility index (Phi) is 5.38. The predicted octanol–water partition coefficient (Wildman–Crippen LogP) is 3.95. The minimum atomic E-state index is -0.460. The van der Waals surface area contributed by atoms with Gasteiger partial charge in [0.25, 0.3) is 0 Å². The van der Waals surface area contributed by atoms with Crippen molar-refractivity contribution >= 4 is 35.0 Å². The van der Waals surface area contributed by atoms with Crippen LogP contribution in [0.25, 0.3) is 0 Å². The number of methoxy groups -OCH3 is 1. The molecule has 7 nitrogen and oxygen atoms in total. The molecule has 0 spiro atoms. The van der Waals surface area contributed by atoms with Crippen molar-refractivity contribution in [1.82, 2.24) is 14.9 Å². The van der Waals surface area contributed by atoms with Gasteiger partial charge in [-0.3, -0.25) is 4.79 Å². The third-order valence-corrected chi connectivity index (χ3v) is 6.48.